The highest BCUT2D eigenvalue weighted by Crippen LogP contribution is 2.39. The van der Waals surface area contributed by atoms with E-state index in [0.717, 1.165) is 17.7 Å². The van der Waals surface area contributed by atoms with Crippen LogP contribution in [0, 0.1) is 5.82 Å². The van der Waals surface area contributed by atoms with Gasteiger partial charge in [-0.2, -0.15) is 10.1 Å². The van der Waals surface area contributed by atoms with Crippen LogP contribution in [0.3, 0.4) is 0 Å². The molecule has 1 aliphatic rings. The molecule has 1 aromatic carbocycles. The molecule has 0 radical (unpaired) electrons. The smallest absolute Gasteiger partial charge is 0.263 e. The lowest BCUT2D eigenvalue weighted by Gasteiger charge is -2.26. The number of anilines is 1. The van der Waals surface area contributed by atoms with Crippen molar-refractivity contribution in [1.29, 1.82) is 0 Å². The van der Waals surface area contributed by atoms with Gasteiger partial charge in [0.2, 0.25) is 5.95 Å². The van der Waals surface area contributed by atoms with E-state index >= 15 is 0 Å². The summed E-state index contributed by atoms with van der Waals surface area (Å²) in [5, 5.41) is 8.05. The van der Waals surface area contributed by atoms with Crippen molar-refractivity contribution in [1.82, 2.24) is 19.7 Å². The minimum atomic E-state index is -0.295. The number of nitrogens with one attached hydrogen (secondary N) is 2. The molecule has 3 heterocycles. The third-order valence-electron chi connectivity index (χ3n) is 4.41. The Bertz CT molecular complexity index is 1040. The number of nitrogens with zero attached hydrogens (tertiary/aromatic N) is 3. The number of thioether (sulfide) groups is 1. The summed E-state index contributed by atoms with van der Waals surface area (Å²) in [5.74, 6) is 0.972. The van der Waals surface area contributed by atoms with Gasteiger partial charge in [0.25, 0.3) is 5.56 Å². The monoisotopic (exact) mass is 373 g/mol. The van der Waals surface area contributed by atoms with Crippen LogP contribution in [0.25, 0.3) is 11.0 Å². The number of aromatic nitrogens is 4. The van der Waals surface area contributed by atoms with Gasteiger partial charge in [0, 0.05) is 10.6 Å². The molecule has 1 atom stereocenters. The molecular weight excluding hydrogens is 353 g/mol. The SMILES string of the molecule is CC(C)(C)n1ncc2c(=O)[nH]c(NC3CCSc4c(F)cccc43)nc21. The van der Waals surface area contributed by atoms with E-state index in [0.29, 0.717) is 21.9 Å². The second kappa shape index (κ2) is 6.12. The van der Waals surface area contributed by atoms with Crippen LogP contribution in [0.4, 0.5) is 10.3 Å². The molecule has 3 aromatic rings. The fourth-order valence-corrected chi connectivity index (χ4v) is 4.32. The van der Waals surface area contributed by atoms with Crippen molar-refractivity contribution in [3.05, 3.63) is 46.1 Å². The van der Waals surface area contributed by atoms with Gasteiger partial charge in [0.1, 0.15) is 11.2 Å². The van der Waals surface area contributed by atoms with Crippen LogP contribution >= 0.6 is 11.8 Å². The highest BCUT2D eigenvalue weighted by molar-refractivity contribution is 7.99. The van der Waals surface area contributed by atoms with Crippen molar-refractivity contribution in [2.24, 2.45) is 0 Å². The van der Waals surface area contributed by atoms with Crippen molar-refractivity contribution in [2.75, 3.05) is 11.1 Å². The summed E-state index contributed by atoms with van der Waals surface area (Å²) in [5.41, 5.74) is 0.899. The maximum absolute atomic E-state index is 14.1. The number of H-pyrrole nitrogens is 1. The molecule has 4 rings (SSSR count). The first-order chi connectivity index (χ1) is 12.3. The lowest BCUT2D eigenvalue weighted by atomic mass is 10.0. The molecule has 0 aliphatic carbocycles. The standard InChI is InChI=1S/C18H20FN5OS/c1-18(2,3)24-15-11(9-20-24)16(25)23-17(22-15)21-13-7-8-26-14-10(13)5-4-6-12(14)19/h4-6,9,13H,7-8H2,1-3H3,(H2,21,22,23,25). The van der Waals surface area contributed by atoms with Crippen molar-refractivity contribution < 1.29 is 4.39 Å². The van der Waals surface area contributed by atoms with Crippen molar-refractivity contribution in [2.45, 2.75) is 43.7 Å². The molecule has 1 aliphatic heterocycles. The van der Waals surface area contributed by atoms with Gasteiger partial charge in [0.15, 0.2) is 5.65 Å². The fourth-order valence-electron chi connectivity index (χ4n) is 3.18. The van der Waals surface area contributed by atoms with Gasteiger partial charge in [-0.15, -0.1) is 11.8 Å². The molecule has 0 fully saturated rings. The van der Waals surface area contributed by atoms with Gasteiger partial charge in [-0.25, -0.2) is 9.07 Å². The molecule has 0 saturated heterocycles. The van der Waals surface area contributed by atoms with Crippen molar-refractivity contribution in [3.63, 3.8) is 0 Å². The van der Waals surface area contributed by atoms with Gasteiger partial charge in [-0.1, -0.05) is 12.1 Å². The van der Waals surface area contributed by atoms with E-state index < -0.39 is 0 Å². The van der Waals surface area contributed by atoms with Gasteiger partial charge in [-0.05, 0) is 38.8 Å². The molecule has 2 aromatic heterocycles. The summed E-state index contributed by atoms with van der Waals surface area (Å²) in [6.07, 6.45) is 2.36. The van der Waals surface area contributed by atoms with Crippen LogP contribution in [0.5, 0.6) is 0 Å². The van der Waals surface area contributed by atoms with Gasteiger partial charge >= 0.3 is 0 Å². The number of hydrogen-bond acceptors (Lipinski definition) is 5. The molecule has 0 saturated carbocycles. The molecule has 2 N–H and O–H groups in total. The van der Waals surface area contributed by atoms with Gasteiger partial charge in [-0.3, -0.25) is 9.78 Å². The van der Waals surface area contributed by atoms with E-state index in [4.69, 9.17) is 0 Å². The number of fused-ring (bicyclic) bond motifs is 2. The summed E-state index contributed by atoms with van der Waals surface area (Å²) in [7, 11) is 0. The summed E-state index contributed by atoms with van der Waals surface area (Å²) < 4.78 is 15.8. The topological polar surface area (TPSA) is 75.6 Å². The second-order valence-electron chi connectivity index (χ2n) is 7.37. The van der Waals surface area contributed by atoms with Crippen LogP contribution in [-0.4, -0.2) is 25.5 Å². The lowest BCUT2D eigenvalue weighted by Crippen LogP contribution is -2.25. The number of aromatic amines is 1. The molecule has 1 unspecified atom stereocenters. The van der Waals surface area contributed by atoms with Crippen LogP contribution in [0.2, 0.25) is 0 Å². The Kier molecular flexibility index (Phi) is 4.02. The Morgan fingerprint density at radius 2 is 2.19 bits per heavy atom. The molecule has 0 amide bonds. The third kappa shape index (κ3) is 2.88. The summed E-state index contributed by atoms with van der Waals surface area (Å²) >= 11 is 1.52. The number of rotatable bonds is 2. The molecular formula is C18H20FN5OS. The minimum Gasteiger partial charge on any atom is -0.349 e. The Morgan fingerprint density at radius 3 is 2.96 bits per heavy atom. The molecule has 0 bridgehead atoms. The molecule has 6 nitrogen and oxygen atoms in total. The maximum atomic E-state index is 14.1. The summed E-state index contributed by atoms with van der Waals surface area (Å²) in [4.78, 5) is 20.5. The summed E-state index contributed by atoms with van der Waals surface area (Å²) in [6.45, 7) is 6.02. The van der Waals surface area contributed by atoms with Crippen LogP contribution in [0.1, 0.15) is 38.8 Å². The van der Waals surface area contributed by atoms with Crippen molar-refractivity contribution in [3.8, 4) is 0 Å². The number of benzene rings is 1. The molecule has 8 heteroatoms. The highest BCUT2D eigenvalue weighted by Gasteiger charge is 2.25. The van der Waals surface area contributed by atoms with Gasteiger partial charge < -0.3 is 5.32 Å². The average molecular weight is 373 g/mol. The summed E-state index contributed by atoms with van der Waals surface area (Å²) in [6, 6.07) is 5.00. The zero-order chi connectivity index (χ0) is 18.5. The van der Waals surface area contributed by atoms with E-state index in [-0.39, 0.29) is 23.0 Å². The predicted molar refractivity (Wildman–Crippen MR) is 101 cm³/mol. The van der Waals surface area contributed by atoms with Crippen LogP contribution in [0.15, 0.2) is 34.1 Å². The third-order valence-corrected chi connectivity index (χ3v) is 5.57. The maximum Gasteiger partial charge on any atom is 0.263 e. The normalized spacial score (nSPS) is 17.3. The van der Waals surface area contributed by atoms with E-state index in [9.17, 15) is 9.18 Å². The number of halogens is 1. The largest absolute Gasteiger partial charge is 0.349 e. The first-order valence-corrected chi connectivity index (χ1v) is 9.49. The Labute approximate surface area is 154 Å². The van der Waals surface area contributed by atoms with Crippen LogP contribution in [-0.2, 0) is 5.54 Å². The van der Waals surface area contributed by atoms with E-state index in [1.807, 2.05) is 26.8 Å². The molecule has 0 spiro atoms. The highest BCUT2D eigenvalue weighted by atomic mass is 32.2. The van der Waals surface area contributed by atoms with Gasteiger partial charge in [0.05, 0.1) is 17.8 Å². The Balaban J connectivity index is 1.75. The molecule has 136 valence electrons. The number of hydrogen-bond donors (Lipinski definition) is 2. The fraction of sp³-hybridized carbons (Fsp3) is 0.389. The second-order valence-corrected chi connectivity index (χ2v) is 8.48. The Morgan fingerprint density at radius 1 is 1.38 bits per heavy atom. The van der Waals surface area contributed by atoms with Crippen LogP contribution < -0.4 is 10.9 Å². The predicted octanol–water partition coefficient (Wildman–Crippen LogP) is 3.66. The average Bonchev–Trinajstić information content (AvgIpc) is 3.01. The zero-order valence-electron chi connectivity index (χ0n) is 14.8. The zero-order valence-corrected chi connectivity index (χ0v) is 15.7. The van der Waals surface area contributed by atoms with E-state index in [1.165, 1.54) is 24.0 Å². The first-order valence-electron chi connectivity index (χ1n) is 8.51. The lowest BCUT2D eigenvalue weighted by molar-refractivity contribution is 0.366. The van der Waals surface area contributed by atoms with E-state index in [1.54, 1.807) is 10.7 Å². The van der Waals surface area contributed by atoms with E-state index in [2.05, 4.69) is 20.4 Å². The van der Waals surface area contributed by atoms with Crippen molar-refractivity contribution >= 4 is 28.7 Å². The first kappa shape index (κ1) is 17.1. The minimum absolute atomic E-state index is 0.103. The Hall–Kier alpha value is -2.35. The quantitative estimate of drug-likeness (QED) is 0.717. The molecule has 26 heavy (non-hydrogen) atoms.